The average Bonchev–Trinajstić information content (AvgIpc) is 2.69. The maximum Gasteiger partial charge on any atom is 0.226 e. The number of halogens is 2. The van der Waals surface area contributed by atoms with Crippen LogP contribution in [0.3, 0.4) is 0 Å². The third kappa shape index (κ3) is 5.62. The van der Waals surface area contributed by atoms with Crippen LogP contribution in [0.5, 0.6) is 0 Å². The Bertz CT molecular complexity index is 816. The van der Waals surface area contributed by atoms with Crippen LogP contribution in [0.4, 0.5) is 8.78 Å². The number of hydrogen-bond acceptors (Lipinski definition) is 2. The largest absolute Gasteiger partial charge is 0.356 e. The fraction of sp³-hybridized carbons (Fsp3) is 0.364. The number of rotatable bonds is 6. The molecule has 0 saturated carbocycles. The molecule has 2 aromatic carbocycles. The summed E-state index contributed by atoms with van der Waals surface area (Å²) in [6.07, 6.45) is 2.07. The minimum Gasteiger partial charge on any atom is -0.356 e. The first-order valence-corrected chi connectivity index (χ1v) is 9.55. The van der Waals surface area contributed by atoms with Crippen molar-refractivity contribution in [3.05, 3.63) is 71.3 Å². The molecule has 2 aromatic rings. The van der Waals surface area contributed by atoms with E-state index < -0.39 is 0 Å². The Morgan fingerprint density at radius 3 is 2.36 bits per heavy atom. The number of carbonyl (C=O) groups excluding carboxylic acids is 2. The van der Waals surface area contributed by atoms with Gasteiger partial charge in [-0.05, 0) is 54.7 Å². The zero-order valence-electron chi connectivity index (χ0n) is 15.7. The fourth-order valence-electron chi connectivity index (χ4n) is 3.45. The molecular formula is C22H24F2N2O2. The van der Waals surface area contributed by atoms with Crippen LogP contribution < -0.4 is 5.32 Å². The summed E-state index contributed by atoms with van der Waals surface area (Å²) in [5.41, 5.74) is 1.63. The molecule has 0 spiro atoms. The molecule has 2 amide bonds. The smallest absolute Gasteiger partial charge is 0.226 e. The molecule has 1 N–H and O–H groups in total. The van der Waals surface area contributed by atoms with Crippen LogP contribution in [0.15, 0.2) is 48.5 Å². The zero-order valence-corrected chi connectivity index (χ0v) is 15.7. The van der Waals surface area contributed by atoms with Crippen LogP contribution in [0, 0.1) is 17.6 Å². The van der Waals surface area contributed by atoms with Crippen molar-refractivity contribution in [2.24, 2.45) is 5.92 Å². The van der Waals surface area contributed by atoms with Gasteiger partial charge in [0.1, 0.15) is 11.6 Å². The van der Waals surface area contributed by atoms with Gasteiger partial charge in [-0.2, -0.15) is 0 Å². The SMILES string of the molecule is O=C(NCCc1ccc(F)cc1)C1CCN(C(=O)Cc2cccc(F)c2)CC1. The van der Waals surface area contributed by atoms with Gasteiger partial charge in [0.15, 0.2) is 0 Å². The Morgan fingerprint density at radius 2 is 1.68 bits per heavy atom. The molecule has 1 fully saturated rings. The Balaban J connectivity index is 1.39. The molecule has 1 heterocycles. The highest BCUT2D eigenvalue weighted by atomic mass is 19.1. The topological polar surface area (TPSA) is 49.4 Å². The summed E-state index contributed by atoms with van der Waals surface area (Å²) in [5, 5.41) is 2.93. The van der Waals surface area contributed by atoms with Crippen LogP contribution in [0.2, 0.25) is 0 Å². The third-order valence-corrected chi connectivity index (χ3v) is 5.09. The van der Waals surface area contributed by atoms with Crippen molar-refractivity contribution in [3.8, 4) is 0 Å². The third-order valence-electron chi connectivity index (χ3n) is 5.09. The molecule has 0 aliphatic carbocycles. The number of hydrogen-bond donors (Lipinski definition) is 1. The number of piperidine rings is 1. The first-order valence-electron chi connectivity index (χ1n) is 9.55. The van der Waals surface area contributed by atoms with Crippen molar-refractivity contribution < 1.29 is 18.4 Å². The van der Waals surface area contributed by atoms with Crippen molar-refractivity contribution in [3.63, 3.8) is 0 Å². The van der Waals surface area contributed by atoms with Crippen LogP contribution in [-0.2, 0) is 22.4 Å². The first kappa shape index (κ1) is 20.0. The molecule has 4 nitrogen and oxygen atoms in total. The molecule has 0 unspecified atom stereocenters. The molecule has 6 heteroatoms. The van der Waals surface area contributed by atoms with Gasteiger partial charge < -0.3 is 10.2 Å². The Morgan fingerprint density at radius 1 is 0.964 bits per heavy atom. The van der Waals surface area contributed by atoms with E-state index in [1.807, 2.05) is 0 Å². The van der Waals surface area contributed by atoms with Gasteiger partial charge >= 0.3 is 0 Å². The van der Waals surface area contributed by atoms with Gasteiger partial charge in [0.25, 0.3) is 0 Å². The molecular weight excluding hydrogens is 362 g/mol. The highest BCUT2D eigenvalue weighted by molar-refractivity contribution is 5.81. The maximum absolute atomic E-state index is 13.2. The molecule has 1 aliphatic rings. The van der Waals surface area contributed by atoms with Crippen molar-refractivity contribution >= 4 is 11.8 Å². The summed E-state index contributed by atoms with van der Waals surface area (Å²) >= 11 is 0. The Hall–Kier alpha value is -2.76. The summed E-state index contributed by atoms with van der Waals surface area (Å²) in [7, 11) is 0. The second kappa shape index (κ2) is 9.44. The maximum atomic E-state index is 13.2. The van der Waals surface area contributed by atoms with Crippen LogP contribution in [0.1, 0.15) is 24.0 Å². The molecule has 1 aliphatic heterocycles. The highest BCUT2D eigenvalue weighted by Crippen LogP contribution is 2.18. The quantitative estimate of drug-likeness (QED) is 0.829. The van der Waals surface area contributed by atoms with E-state index in [1.54, 1.807) is 29.2 Å². The van der Waals surface area contributed by atoms with E-state index in [9.17, 15) is 18.4 Å². The minimum atomic E-state index is -0.346. The predicted octanol–water partition coefficient (Wildman–Crippen LogP) is 3.10. The highest BCUT2D eigenvalue weighted by Gasteiger charge is 2.27. The molecule has 3 rings (SSSR count). The van der Waals surface area contributed by atoms with Crippen molar-refractivity contribution in [2.45, 2.75) is 25.7 Å². The average molecular weight is 386 g/mol. The second-order valence-electron chi connectivity index (χ2n) is 7.13. The number of likely N-dealkylation sites (tertiary alicyclic amines) is 1. The lowest BCUT2D eigenvalue weighted by atomic mass is 9.95. The lowest BCUT2D eigenvalue weighted by Crippen LogP contribution is -2.43. The van der Waals surface area contributed by atoms with E-state index in [0.29, 0.717) is 44.5 Å². The van der Waals surface area contributed by atoms with Crippen molar-refractivity contribution in [1.29, 1.82) is 0 Å². The Kier molecular flexibility index (Phi) is 6.74. The molecule has 1 saturated heterocycles. The number of nitrogens with zero attached hydrogens (tertiary/aromatic N) is 1. The van der Waals surface area contributed by atoms with Gasteiger partial charge in [-0.25, -0.2) is 8.78 Å². The zero-order chi connectivity index (χ0) is 19.9. The van der Waals surface area contributed by atoms with Crippen molar-refractivity contribution in [2.75, 3.05) is 19.6 Å². The fourth-order valence-corrected chi connectivity index (χ4v) is 3.45. The number of nitrogens with one attached hydrogen (secondary N) is 1. The summed E-state index contributed by atoms with van der Waals surface area (Å²) < 4.78 is 26.1. The standard InChI is InChI=1S/C22H24F2N2O2/c23-19-6-4-16(5-7-19)8-11-25-22(28)18-9-12-26(13-10-18)21(27)15-17-2-1-3-20(24)14-17/h1-7,14,18H,8-13,15H2,(H,25,28). The van der Waals surface area contributed by atoms with Gasteiger partial charge in [-0.15, -0.1) is 0 Å². The summed E-state index contributed by atoms with van der Waals surface area (Å²) in [6, 6.07) is 12.3. The Labute approximate surface area is 163 Å². The molecule has 0 aromatic heterocycles. The van der Waals surface area contributed by atoms with E-state index in [4.69, 9.17) is 0 Å². The summed E-state index contributed by atoms with van der Waals surface area (Å²) in [4.78, 5) is 26.5. The van der Waals surface area contributed by atoms with Gasteiger partial charge in [0.05, 0.1) is 6.42 Å². The number of amides is 2. The van der Waals surface area contributed by atoms with Crippen LogP contribution in [-0.4, -0.2) is 36.3 Å². The molecule has 0 atom stereocenters. The lowest BCUT2D eigenvalue weighted by Gasteiger charge is -2.31. The molecule has 0 radical (unpaired) electrons. The lowest BCUT2D eigenvalue weighted by molar-refractivity contribution is -0.135. The van der Waals surface area contributed by atoms with E-state index in [-0.39, 0.29) is 35.8 Å². The van der Waals surface area contributed by atoms with Crippen molar-refractivity contribution in [1.82, 2.24) is 10.2 Å². The molecule has 148 valence electrons. The van der Waals surface area contributed by atoms with Gasteiger partial charge in [0, 0.05) is 25.6 Å². The second-order valence-corrected chi connectivity index (χ2v) is 7.13. The summed E-state index contributed by atoms with van der Waals surface area (Å²) in [5.74, 6) is -0.764. The van der Waals surface area contributed by atoms with Crippen LogP contribution in [0.25, 0.3) is 0 Å². The van der Waals surface area contributed by atoms with Gasteiger partial charge in [-0.3, -0.25) is 9.59 Å². The van der Waals surface area contributed by atoms with Crippen LogP contribution >= 0.6 is 0 Å². The molecule has 0 bridgehead atoms. The number of benzene rings is 2. The molecule has 28 heavy (non-hydrogen) atoms. The van der Waals surface area contributed by atoms with Gasteiger partial charge in [0.2, 0.25) is 11.8 Å². The monoisotopic (exact) mass is 386 g/mol. The van der Waals surface area contributed by atoms with E-state index >= 15 is 0 Å². The van der Waals surface area contributed by atoms with E-state index in [1.165, 1.54) is 24.3 Å². The van der Waals surface area contributed by atoms with E-state index in [0.717, 1.165) is 5.56 Å². The normalized spacial score (nSPS) is 14.7. The van der Waals surface area contributed by atoms with Gasteiger partial charge in [-0.1, -0.05) is 24.3 Å². The predicted molar refractivity (Wildman–Crippen MR) is 103 cm³/mol. The minimum absolute atomic E-state index is 0.000610. The summed E-state index contributed by atoms with van der Waals surface area (Å²) in [6.45, 7) is 1.57. The first-order chi connectivity index (χ1) is 13.5. The number of carbonyl (C=O) groups is 2. The van der Waals surface area contributed by atoms with E-state index in [2.05, 4.69) is 5.32 Å².